The molecule has 2 aromatic carbocycles. The smallest absolute Gasteiger partial charge is 0.305 e. The molecule has 1 saturated heterocycles. The van der Waals surface area contributed by atoms with Gasteiger partial charge in [-0.1, -0.05) is 31.4 Å². The summed E-state index contributed by atoms with van der Waals surface area (Å²) in [6.45, 7) is 0.147. The van der Waals surface area contributed by atoms with Gasteiger partial charge in [0.1, 0.15) is 5.82 Å². The number of nitro benzene ring substituents is 1. The Kier molecular flexibility index (Phi) is 8.52. The number of benzene rings is 2. The van der Waals surface area contributed by atoms with Crippen LogP contribution in [0.5, 0.6) is 0 Å². The first kappa shape index (κ1) is 27.7. The Bertz CT molecular complexity index is 1260. The number of amides is 3. The van der Waals surface area contributed by atoms with E-state index in [1.807, 2.05) is 0 Å². The number of hydrogen-bond acceptors (Lipinski definition) is 6. The van der Waals surface area contributed by atoms with Crippen molar-refractivity contribution < 1.29 is 33.6 Å². The number of carbonyl (C=O) groups is 4. The van der Waals surface area contributed by atoms with Gasteiger partial charge in [-0.2, -0.15) is 0 Å². The summed E-state index contributed by atoms with van der Waals surface area (Å²) in [6, 6.07) is 8.91. The minimum Gasteiger partial charge on any atom is -0.481 e. The van der Waals surface area contributed by atoms with Gasteiger partial charge in [0, 0.05) is 36.7 Å². The number of carbonyl (C=O) groups excluding carboxylic acids is 3. The summed E-state index contributed by atoms with van der Waals surface area (Å²) < 4.78 is 13.5. The molecule has 206 valence electrons. The number of carboxylic acid groups (broad SMARTS) is 1. The van der Waals surface area contributed by atoms with Gasteiger partial charge in [0.05, 0.1) is 17.4 Å². The second-order valence-electron chi connectivity index (χ2n) is 9.76. The van der Waals surface area contributed by atoms with Crippen molar-refractivity contribution in [3.63, 3.8) is 0 Å². The van der Waals surface area contributed by atoms with Gasteiger partial charge < -0.3 is 20.2 Å². The molecular weight excluding hydrogens is 511 g/mol. The summed E-state index contributed by atoms with van der Waals surface area (Å²) >= 11 is 0. The third-order valence-corrected chi connectivity index (χ3v) is 7.17. The van der Waals surface area contributed by atoms with Crippen molar-refractivity contribution in [3.05, 3.63) is 75.6 Å². The molecule has 0 radical (unpaired) electrons. The molecule has 39 heavy (non-hydrogen) atoms. The lowest BCUT2D eigenvalue weighted by Gasteiger charge is -2.33. The molecular formula is C27H29FN4O7. The highest BCUT2D eigenvalue weighted by atomic mass is 19.1. The number of nitrogens with one attached hydrogen (secondary N) is 1. The van der Waals surface area contributed by atoms with Crippen LogP contribution in [-0.2, 0) is 14.4 Å². The zero-order valence-electron chi connectivity index (χ0n) is 21.1. The molecule has 0 aromatic heterocycles. The first-order valence-corrected chi connectivity index (χ1v) is 12.8. The van der Waals surface area contributed by atoms with Crippen LogP contribution in [0, 0.1) is 21.8 Å². The second-order valence-corrected chi connectivity index (χ2v) is 9.76. The van der Waals surface area contributed by atoms with Crippen molar-refractivity contribution >= 4 is 29.4 Å². The number of rotatable bonds is 8. The molecule has 2 N–H and O–H groups in total. The zero-order chi connectivity index (χ0) is 28.1. The van der Waals surface area contributed by atoms with Crippen LogP contribution < -0.4 is 5.32 Å². The Labute approximate surface area is 223 Å². The molecule has 0 bridgehead atoms. The van der Waals surface area contributed by atoms with Crippen molar-refractivity contribution in [2.24, 2.45) is 5.92 Å². The minimum atomic E-state index is -1.37. The highest BCUT2D eigenvalue weighted by Gasteiger charge is 2.45. The number of aliphatic carboxylic acids is 1. The van der Waals surface area contributed by atoms with Crippen LogP contribution in [0.3, 0.4) is 0 Å². The lowest BCUT2D eigenvalue weighted by atomic mass is 9.88. The van der Waals surface area contributed by atoms with Crippen molar-refractivity contribution in [3.8, 4) is 0 Å². The van der Waals surface area contributed by atoms with E-state index in [0.29, 0.717) is 12.8 Å². The molecule has 1 saturated carbocycles. The first-order chi connectivity index (χ1) is 18.7. The molecule has 0 spiro atoms. The van der Waals surface area contributed by atoms with Gasteiger partial charge in [0.15, 0.2) is 6.17 Å². The van der Waals surface area contributed by atoms with Crippen LogP contribution in [0.25, 0.3) is 0 Å². The number of halogens is 1. The summed E-state index contributed by atoms with van der Waals surface area (Å²) in [5.74, 6) is -3.71. The fourth-order valence-corrected chi connectivity index (χ4v) is 5.23. The monoisotopic (exact) mass is 540 g/mol. The fraction of sp³-hybridized carbons (Fsp3) is 0.407. The molecule has 2 aromatic rings. The van der Waals surface area contributed by atoms with Crippen molar-refractivity contribution in [2.45, 2.75) is 50.7 Å². The van der Waals surface area contributed by atoms with Crippen molar-refractivity contribution in [2.75, 3.05) is 13.1 Å². The number of hydrogen-bond donors (Lipinski definition) is 2. The Hall–Kier alpha value is -4.35. The van der Waals surface area contributed by atoms with Gasteiger partial charge in [-0.25, -0.2) is 4.39 Å². The van der Waals surface area contributed by atoms with Gasteiger partial charge in [-0.3, -0.25) is 29.3 Å². The summed E-state index contributed by atoms with van der Waals surface area (Å²) in [6.07, 6.45) is 2.17. The maximum atomic E-state index is 13.7. The molecule has 1 aliphatic carbocycles. The largest absolute Gasteiger partial charge is 0.481 e. The molecule has 1 heterocycles. The lowest BCUT2D eigenvalue weighted by molar-refractivity contribution is -0.384. The van der Waals surface area contributed by atoms with Crippen LogP contribution in [0.15, 0.2) is 48.5 Å². The maximum absolute atomic E-state index is 13.7. The van der Waals surface area contributed by atoms with E-state index in [4.69, 9.17) is 0 Å². The van der Waals surface area contributed by atoms with Crippen LogP contribution in [0.2, 0.25) is 0 Å². The van der Waals surface area contributed by atoms with Crippen LogP contribution in [-0.4, -0.2) is 62.8 Å². The highest BCUT2D eigenvalue weighted by Crippen LogP contribution is 2.30. The molecule has 12 heteroatoms. The first-order valence-electron chi connectivity index (χ1n) is 12.8. The Balaban J connectivity index is 1.65. The standard InChI is InChI=1S/C27H29FN4O7/c28-20-11-9-18(10-12-20)27(37)31-14-13-30(26(36)17-5-2-1-3-6-17)25(31)24(35)29-22(16-23(33)34)19-7-4-8-21(15-19)32(38)39/h4,7-12,15,17,22,25H,1-3,5-6,13-14,16H2,(H,29,35)(H,33,34). The second kappa shape index (κ2) is 12.0. The summed E-state index contributed by atoms with van der Waals surface area (Å²) in [7, 11) is 0. The highest BCUT2D eigenvalue weighted by molar-refractivity contribution is 5.99. The Morgan fingerprint density at radius 1 is 1.03 bits per heavy atom. The summed E-state index contributed by atoms with van der Waals surface area (Å²) in [4.78, 5) is 65.5. The van der Waals surface area contributed by atoms with E-state index in [1.54, 1.807) is 0 Å². The molecule has 4 rings (SSSR count). The molecule has 2 atom stereocenters. The maximum Gasteiger partial charge on any atom is 0.305 e. The SMILES string of the molecule is O=C(O)CC(NC(=O)C1N(C(=O)c2ccc(F)cc2)CCN1C(=O)C1CCCCC1)c1cccc([N+](=O)[O-])c1. The average Bonchev–Trinajstić information content (AvgIpc) is 3.38. The molecule has 2 aliphatic rings. The van der Waals surface area contributed by atoms with E-state index in [0.717, 1.165) is 31.4 Å². The number of carboxylic acids is 1. The third kappa shape index (κ3) is 6.39. The van der Waals surface area contributed by atoms with Gasteiger partial charge in [-0.15, -0.1) is 0 Å². The molecule has 11 nitrogen and oxygen atoms in total. The fourth-order valence-electron chi connectivity index (χ4n) is 5.23. The van der Waals surface area contributed by atoms with Gasteiger partial charge >= 0.3 is 5.97 Å². The number of nitrogens with zero attached hydrogens (tertiary/aromatic N) is 3. The minimum absolute atomic E-state index is 0.0488. The average molecular weight is 541 g/mol. The number of non-ortho nitro benzene ring substituents is 1. The van der Waals surface area contributed by atoms with Gasteiger partial charge in [-0.05, 0) is 42.7 Å². The van der Waals surface area contributed by atoms with Crippen LogP contribution in [0.4, 0.5) is 10.1 Å². The van der Waals surface area contributed by atoms with Crippen LogP contribution >= 0.6 is 0 Å². The van der Waals surface area contributed by atoms with E-state index in [1.165, 1.54) is 46.2 Å². The molecule has 2 unspecified atom stereocenters. The topological polar surface area (TPSA) is 150 Å². The third-order valence-electron chi connectivity index (χ3n) is 7.17. The Morgan fingerprint density at radius 2 is 1.69 bits per heavy atom. The zero-order valence-corrected chi connectivity index (χ0v) is 21.1. The van der Waals surface area contributed by atoms with E-state index in [9.17, 15) is 38.8 Å². The van der Waals surface area contributed by atoms with E-state index in [2.05, 4.69) is 5.32 Å². The normalized spacial score (nSPS) is 18.4. The Morgan fingerprint density at radius 3 is 2.33 bits per heavy atom. The quantitative estimate of drug-likeness (QED) is 0.385. The van der Waals surface area contributed by atoms with Crippen LogP contribution in [0.1, 0.15) is 60.5 Å². The summed E-state index contributed by atoms with van der Waals surface area (Å²) in [5, 5.41) is 23.4. The van der Waals surface area contributed by atoms with E-state index in [-0.39, 0.29) is 41.7 Å². The van der Waals surface area contributed by atoms with Gasteiger partial charge in [0.25, 0.3) is 17.5 Å². The molecule has 1 aliphatic heterocycles. The number of nitro groups is 1. The van der Waals surface area contributed by atoms with E-state index >= 15 is 0 Å². The molecule has 3 amide bonds. The molecule has 2 fully saturated rings. The van der Waals surface area contributed by atoms with Crippen molar-refractivity contribution in [1.82, 2.24) is 15.1 Å². The predicted molar refractivity (Wildman–Crippen MR) is 136 cm³/mol. The predicted octanol–water partition coefficient (Wildman–Crippen LogP) is 3.26. The van der Waals surface area contributed by atoms with Gasteiger partial charge in [0.2, 0.25) is 5.91 Å². The van der Waals surface area contributed by atoms with E-state index < -0.39 is 47.2 Å². The lowest BCUT2D eigenvalue weighted by Crippen LogP contribution is -2.55. The van der Waals surface area contributed by atoms with Crippen molar-refractivity contribution in [1.29, 1.82) is 0 Å². The summed E-state index contributed by atoms with van der Waals surface area (Å²) in [5.41, 5.74) is 0.0432.